The Labute approximate surface area is 406 Å². The summed E-state index contributed by atoms with van der Waals surface area (Å²) < 4.78 is 7.33. The van der Waals surface area contributed by atoms with Gasteiger partial charge in [-0.2, -0.15) is 0 Å². The first-order chi connectivity index (χ1) is 34.6. The molecule has 0 atom stereocenters. The Morgan fingerprint density at radius 2 is 0.871 bits per heavy atom. The summed E-state index contributed by atoms with van der Waals surface area (Å²) >= 11 is 0. The number of fused-ring (bicyclic) bond motifs is 9. The van der Waals surface area contributed by atoms with Crippen LogP contribution in [0.4, 0.5) is 0 Å². The molecule has 4 heterocycles. The monoisotopic (exact) mass is 894 g/mol. The van der Waals surface area contributed by atoms with Crippen molar-refractivity contribution in [3.63, 3.8) is 0 Å². The van der Waals surface area contributed by atoms with Crippen molar-refractivity contribution in [1.82, 2.24) is 18.7 Å². The summed E-state index contributed by atoms with van der Waals surface area (Å²) in [6.07, 6.45) is 6.72. The third kappa shape index (κ3) is 6.34. The standard InChI is InChI=1S/C66H46N4/c1-43-56(44-19-5-2-6-20-44)42-59(67-66(43)45-21-7-3-8-22-45)48-37-50(69-60-29-15-11-25-52(60)53-26-12-16-30-61(53)69)41-51(38-48)70-63-32-18-14-28-55(63)58-40-47(34-36-65(58)70)46-33-35-64-57(39-46)54-27-13-17-31-62(54)68(64)49-23-9-4-10-24-49/h2-12,14-26,28-42H,13,27H2,1H3. The Morgan fingerprint density at radius 1 is 0.371 bits per heavy atom. The summed E-state index contributed by atoms with van der Waals surface area (Å²) in [7, 11) is 0. The number of nitrogens with zero attached hydrogens (tertiary/aromatic N) is 4. The average molecular weight is 895 g/mol. The van der Waals surface area contributed by atoms with Crippen LogP contribution in [0.1, 0.15) is 23.2 Å². The SMILES string of the molecule is Cc1c(-c2ccccc2)cc(-c2cc(-n3c4ccccc4c4ccccc43)cc(-n3c4ccccc4c4cc(-c5ccc6c(c5)c5c(n6-c6ccccc6)C=CCC5)ccc43)c2)nc1-c1ccccc1. The summed E-state index contributed by atoms with van der Waals surface area (Å²) in [5, 5.41) is 6.22. The molecule has 0 amide bonds. The van der Waals surface area contributed by atoms with Gasteiger partial charge in [0.25, 0.3) is 0 Å². The normalized spacial score (nSPS) is 12.5. The molecule has 0 N–H and O–H groups in total. The largest absolute Gasteiger partial charge is 0.310 e. The van der Waals surface area contributed by atoms with Crippen molar-refractivity contribution < 1.29 is 0 Å². The van der Waals surface area contributed by atoms with Gasteiger partial charge in [-0.05, 0) is 138 Å². The van der Waals surface area contributed by atoms with Gasteiger partial charge in [-0.15, -0.1) is 0 Å². The summed E-state index contributed by atoms with van der Waals surface area (Å²) in [6.45, 7) is 2.21. The number of aromatic nitrogens is 4. The number of hydrogen-bond acceptors (Lipinski definition) is 1. The molecule has 4 aromatic heterocycles. The zero-order chi connectivity index (χ0) is 46.3. The van der Waals surface area contributed by atoms with E-state index in [9.17, 15) is 0 Å². The van der Waals surface area contributed by atoms with Crippen LogP contribution in [0.3, 0.4) is 0 Å². The Hall–Kier alpha value is -8.99. The van der Waals surface area contributed by atoms with Crippen LogP contribution in [0, 0.1) is 6.92 Å². The topological polar surface area (TPSA) is 27.7 Å². The number of pyridine rings is 1. The van der Waals surface area contributed by atoms with E-state index in [4.69, 9.17) is 4.98 Å². The number of rotatable bonds is 7. The highest BCUT2D eigenvalue weighted by Gasteiger charge is 2.22. The highest BCUT2D eigenvalue weighted by molar-refractivity contribution is 6.12. The van der Waals surface area contributed by atoms with E-state index in [0.717, 1.165) is 63.3 Å². The summed E-state index contributed by atoms with van der Waals surface area (Å²) in [6, 6.07) is 82.0. The maximum atomic E-state index is 5.58. The molecule has 0 spiro atoms. The van der Waals surface area contributed by atoms with Crippen molar-refractivity contribution in [1.29, 1.82) is 0 Å². The van der Waals surface area contributed by atoms with E-state index < -0.39 is 0 Å². The first-order valence-electron chi connectivity index (χ1n) is 24.3. The quantitative estimate of drug-likeness (QED) is 0.157. The van der Waals surface area contributed by atoms with Crippen molar-refractivity contribution in [2.75, 3.05) is 0 Å². The lowest BCUT2D eigenvalue weighted by molar-refractivity contribution is 0.967. The van der Waals surface area contributed by atoms with Gasteiger partial charge in [-0.1, -0.05) is 152 Å². The van der Waals surface area contributed by atoms with E-state index in [2.05, 4.69) is 257 Å². The van der Waals surface area contributed by atoms with Gasteiger partial charge in [0.2, 0.25) is 0 Å². The molecule has 14 rings (SSSR count). The van der Waals surface area contributed by atoms with E-state index in [1.807, 2.05) is 0 Å². The minimum Gasteiger partial charge on any atom is -0.310 e. The second-order valence-corrected chi connectivity index (χ2v) is 18.7. The fourth-order valence-electron chi connectivity index (χ4n) is 11.5. The lowest BCUT2D eigenvalue weighted by atomic mass is 9.94. The highest BCUT2D eigenvalue weighted by atomic mass is 15.0. The van der Waals surface area contributed by atoms with Crippen LogP contribution in [0.5, 0.6) is 0 Å². The minimum absolute atomic E-state index is 0.921. The third-order valence-electron chi connectivity index (χ3n) is 14.7. The molecule has 0 aliphatic heterocycles. The summed E-state index contributed by atoms with van der Waals surface area (Å²) in [5.41, 5.74) is 21.9. The summed E-state index contributed by atoms with van der Waals surface area (Å²) in [4.78, 5) is 5.58. The molecule has 0 fully saturated rings. The van der Waals surface area contributed by atoms with E-state index in [1.54, 1.807) is 0 Å². The van der Waals surface area contributed by atoms with Gasteiger partial charge in [0.1, 0.15) is 0 Å². The Morgan fingerprint density at radius 3 is 1.49 bits per heavy atom. The second-order valence-electron chi connectivity index (χ2n) is 18.7. The fourth-order valence-corrected chi connectivity index (χ4v) is 11.5. The van der Waals surface area contributed by atoms with Gasteiger partial charge >= 0.3 is 0 Å². The number of benzene rings is 9. The van der Waals surface area contributed by atoms with Crippen molar-refractivity contribution in [2.24, 2.45) is 0 Å². The highest BCUT2D eigenvalue weighted by Crippen LogP contribution is 2.42. The van der Waals surface area contributed by atoms with Gasteiger partial charge in [0.15, 0.2) is 0 Å². The van der Waals surface area contributed by atoms with E-state index in [-0.39, 0.29) is 0 Å². The smallest absolute Gasteiger partial charge is 0.0744 e. The Balaban J connectivity index is 1.00. The molecule has 4 heteroatoms. The molecular weight excluding hydrogens is 849 g/mol. The molecular formula is C66H46N4. The van der Waals surface area contributed by atoms with Gasteiger partial charge in [-0.25, -0.2) is 4.98 Å². The molecule has 4 nitrogen and oxygen atoms in total. The van der Waals surface area contributed by atoms with Gasteiger partial charge in [-0.3, -0.25) is 0 Å². The molecule has 1 aliphatic rings. The molecule has 0 saturated heterocycles. The van der Waals surface area contributed by atoms with E-state index >= 15 is 0 Å². The Kier molecular flexibility index (Phi) is 9.21. The number of para-hydroxylation sites is 4. The van der Waals surface area contributed by atoms with Crippen LogP contribution < -0.4 is 0 Å². The Bertz CT molecular complexity index is 4110. The number of hydrogen-bond donors (Lipinski definition) is 0. The van der Waals surface area contributed by atoms with Crippen molar-refractivity contribution in [2.45, 2.75) is 19.8 Å². The molecule has 13 aromatic rings. The molecule has 330 valence electrons. The van der Waals surface area contributed by atoms with E-state index in [0.29, 0.717) is 0 Å². The molecule has 0 radical (unpaired) electrons. The van der Waals surface area contributed by atoms with Gasteiger partial charge < -0.3 is 13.7 Å². The third-order valence-corrected chi connectivity index (χ3v) is 14.7. The average Bonchev–Trinajstić information content (AvgIpc) is 4.07. The van der Waals surface area contributed by atoms with Crippen LogP contribution in [0.15, 0.2) is 231 Å². The van der Waals surface area contributed by atoms with Crippen LogP contribution in [-0.2, 0) is 6.42 Å². The zero-order valence-corrected chi connectivity index (χ0v) is 38.7. The van der Waals surface area contributed by atoms with Gasteiger partial charge in [0.05, 0.1) is 39.0 Å². The molecule has 70 heavy (non-hydrogen) atoms. The van der Waals surface area contributed by atoms with Crippen molar-refractivity contribution in [3.8, 4) is 61.8 Å². The van der Waals surface area contributed by atoms with E-state index in [1.165, 1.54) is 82.7 Å². The molecule has 0 unspecified atom stereocenters. The molecule has 0 saturated carbocycles. The first kappa shape index (κ1) is 40.1. The first-order valence-corrected chi connectivity index (χ1v) is 24.3. The second kappa shape index (κ2) is 16.1. The zero-order valence-electron chi connectivity index (χ0n) is 38.7. The predicted molar refractivity (Wildman–Crippen MR) is 294 cm³/mol. The molecule has 0 bridgehead atoms. The van der Waals surface area contributed by atoms with Crippen LogP contribution >= 0.6 is 0 Å². The maximum Gasteiger partial charge on any atom is 0.0744 e. The molecule has 9 aromatic carbocycles. The lowest BCUT2D eigenvalue weighted by Crippen LogP contribution is -2.01. The lowest BCUT2D eigenvalue weighted by Gasteiger charge is -2.18. The minimum atomic E-state index is 0.921. The predicted octanol–water partition coefficient (Wildman–Crippen LogP) is 17.2. The van der Waals surface area contributed by atoms with Crippen molar-refractivity contribution in [3.05, 3.63) is 247 Å². The number of allylic oxidation sites excluding steroid dienone is 1. The van der Waals surface area contributed by atoms with Crippen LogP contribution in [0.2, 0.25) is 0 Å². The summed E-state index contributed by atoms with van der Waals surface area (Å²) in [5.74, 6) is 0. The molecule has 1 aliphatic carbocycles. The van der Waals surface area contributed by atoms with Crippen LogP contribution in [0.25, 0.3) is 122 Å². The maximum absolute atomic E-state index is 5.58. The van der Waals surface area contributed by atoms with Gasteiger partial charge in [0, 0.05) is 60.8 Å². The van der Waals surface area contributed by atoms with Crippen LogP contribution in [-0.4, -0.2) is 18.7 Å². The fraction of sp³-hybridized carbons (Fsp3) is 0.0455. The van der Waals surface area contributed by atoms with Crippen molar-refractivity contribution >= 4 is 60.6 Å². The number of aryl methyl sites for hydroxylation is 1.